The second-order valence-corrected chi connectivity index (χ2v) is 5.41. The fraction of sp³-hybridized carbons (Fsp3) is 0.250. The first kappa shape index (κ1) is 15.0. The van der Waals surface area contributed by atoms with E-state index < -0.39 is 0 Å². The van der Waals surface area contributed by atoms with Gasteiger partial charge in [-0.2, -0.15) is 0 Å². The minimum absolute atomic E-state index is 0.0495. The number of ether oxygens (including phenoxy) is 1. The third-order valence-corrected chi connectivity index (χ3v) is 4.00. The van der Waals surface area contributed by atoms with Gasteiger partial charge in [-0.25, -0.2) is 4.39 Å². The summed E-state index contributed by atoms with van der Waals surface area (Å²) in [6, 6.07) is 12.7. The van der Waals surface area contributed by atoms with E-state index in [2.05, 4.69) is 21.2 Å². The van der Waals surface area contributed by atoms with Crippen molar-refractivity contribution < 1.29 is 9.13 Å². The number of halogens is 2. The molecule has 1 unspecified atom stereocenters. The average molecular weight is 338 g/mol. The molecule has 2 rings (SSSR count). The lowest BCUT2D eigenvalue weighted by Crippen LogP contribution is -2.19. The molecule has 0 spiro atoms. The Morgan fingerprint density at radius 1 is 1.20 bits per heavy atom. The van der Waals surface area contributed by atoms with Crippen molar-refractivity contribution in [1.82, 2.24) is 5.32 Å². The molecule has 106 valence electrons. The first-order valence-electron chi connectivity index (χ1n) is 6.39. The van der Waals surface area contributed by atoms with E-state index in [0.29, 0.717) is 0 Å². The maximum absolute atomic E-state index is 13.4. The highest BCUT2D eigenvalue weighted by Crippen LogP contribution is 2.27. The zero-order valence-corrected chi connectivity index (χ0v) is 13.1. The van der Waals surface area contributed by atoms with Gasteiger partial charge in [0.1, 0.15) is 11.6 Å². The lowest BCUT2D eigenvalue weighted by atomic mass is 9.99. The Hall–Kier alpha value is -1.39. The van der Waals surface area contributed by atoms with E-state index in [4.69, 9.17) is 4.74 Å². The van der Waals surface area contributed by atoms with Gasteiger partial charge in [-0.1, -0.05) is 28.1 Å². The van der Waals surface area contributed by atoms with Crippen molar-refractivity contribution in [3.05, 3.63) is 63.9 Å². The van der Waals surface area contributed by atoms with E-state index in [1.165, 1.54) is 11.6 Å². The fourth-order valence-corrected chi connectivity index (χ4v) is 2.67. The summed E-state index contributed by atoms with van der Waals surface area (Å²) < 4.78 is 19.5. The predicted octanol–water partition coefficient (Wildman–Crippen LogP) is 4.10. The summed E-state index contributed by atoms with van der Waals surface area (Å²) in [6.45, 7) is 0. The van der Waals surface area contributed by atoms with Gasteiger partial charge < -0.3 is 10.1 Å². The van der Waals surface area contributed by atoms with Gasteiger partial charge in [0, 0.05) is 10.5 Å². The molecule has 0 aliphatic carbocycles. The van der Waals surface area contributed by atoms with Crippen LogP contribution in [0.1, 0.15) is 17.2 Å². The summed E-state index contributed by atoms with van der Waals surface area (Å²) in [6.07, 6.45) is 0.780. The van der Waals surface area contributed by atoms with Gasteiger partial charge in [0.05, 0.1) is 7.11 Å². The van der Waals surface area contributed by atoms with Gasteiger partial charge in [-0.05, 0) is 54.9 Å². The molecule has 0 fully saturated rings. The molecule has 0 amide bonds. The summed E-state index contributed by atoms with van der Waals surface area (Å²) in [5.41, 5.74) is 2.09. The molecule has 0 saturated heterocycles. The monoisotopic (exact) mass is 337 g/mol. The molecule has 0 bridgehead atoms. The topological polar surface area (TPSA) is 21.3 Å². The molecule has 0 heterocycles. The van der Waals surface area contributed by atoms with Crippen molar-refractivity contribution >= 4 is 15.9 Å². The Morgan fingerprint density at radius 2 is 1.90 bits per heavy atom. The smallest absolute Gasteiger partial charge is 0.123 e. The van der Waals surface area contributed by atoms with E-state index >= 15 is 0 Å². The maximum Gasteiger partial charge on any atom is 0.123 e. The highest BCUT2D eigenvalue weighted by molar-refractivity contribution is 9.10. The third kappa shape index (κ3) is 3.58. The van der Waals surface area contributed by atoms with Crippen LogP contribution in [-0.2, 0) is 6.42 Å². The molecule has 2 nitrogen and oxygen atoms in total. The normalized spacial score (nSPS) is 12.2. The molecule has 0 aromatic heterocycles. The number of nitrogens with one attached hydrogen (secondary N) is 1. The first-order chi connectivity index (χ1) is 9.63. The van der Waals surface area contributed by atoms with Gasteiger partial charge in [-0.15, -0.1) is 0 Å². The van der Waals surface area contributed by atoms with Crippen LogP contribution in [0.25, 0.3) is 0 Å². The lowest BCUT2D eigenvalue weighted by Gasteiger charge is -2.18. The van der Waals surface area contributed by atoms with E-state index in [9.17, 15) is 4.39 Å². The molecule has 0 aliphatic rings. The SMILES string of the molecule is CNC(Cc1ccc(OC)cc1)c1cc(F)ccc1Br. The number of benzene rings is 2. The Labute approximate surface area is 127 Å². The molecule has 1 atom stereocenters. The second-order valence-electron chi connectivity index (χ2n) is 4.56. The van der Waals surface area contributed by atoms with Crippen LogP contribution in [0, 0.1) is 5.82 Å². The van der Waals surface area contributed by atoms with Crippen molar-refractivity contribution in [2.45, 2.75) is 12.5 Å². The minimum Gasteiger partial charge on any atom is -0.497 e. The van der Waals surface area contributed by atoms with Crippen LogP contribution >= 0.6 is 15.9 Å². The van der Waals surface area contributed by atoms with Crippen LogP contribution in [0.4, 0.5) is 4.39 Å². The van der Waals surface area contributed by atoms with Crippen molar-refractivity contribution in [2.75, 3.05) is 14.2 Å². The number of hydrogen-bond acceptors (Lipinski definition) is 2. The molecular weight excluding hydrogens is 321 g/mol. The summed E-state index contributed by atoms with van der Waals surface area (Å²) in [7, 11) is 3.53. The van der Waals surface area contributed by atoms with Crippen molar-refractivity contribution in [2.24, 2.45) is 0 Å². The number of rotatable bonds is 5. The summed E-state index contributed by atoms with van der Waals surface area (Å²) in [5.74, 6) is 0.611. The molecule has 2 aromatic rings. The quantitative estimate of drug-likeness (QED) is 0.886. The van der Waals surface area contributed by atoms with Gasteiger partial charge in [-0.3, -0.25) is 0 Å². The Kier molecular flexibility index (Phi) is 5.15. The highest BCUT2D eigenvalue weighted by Gasteiger charge is 2.14. The second kappa shape index (κ2) is 6.86. The van der Waals surface area contributed by atoms with Crippen LogP contribution in [0.15, 0.2) is 46.9 Å². The molecule has 0 radical (unpaired) electrons. The van der Waals surface area contributed by atoms with Crippen molar-refractivity contribution in [1.29, 1.82) is 0 Å². The van der Waals surface area contributed by atoms with Crippen molar-refractivity contribution in [3.8, 4) is 5.75 Å². The van der Waals surface area contributed by atoms with Gasteiger partial charge in [0.15, 0.2) is 0 Å². The van der Waals surface area contributed by atoms with E-state index in [0.717, 1.165) is 22.2 Å². The molecule has 1 N–H and O–H groups in total. The van der Waals surface area contributed by atoms with E-state index in [1.807, 2.05) is 31.3 Å². The zero-order chi connectivity index (χ0) is 14.5. The Bertz CT molecular complexity index is 571. The first-order valence-corrected chi connectivity index (χ1v) is 7.18. The highest BCUT2D eigenvalue weighted by atomic mass is 79.9. The van der Waals surface area contributed by atoms with Crippen LogP contribution in [0.5, 0.6) is 5.75 Å². The summed E-state index contributed by atoms with van der Waals surface area (Å²) in [5, 5.41) is 3.24. The zero-order valence-electron chi connectivity index (χ0n) is 11.5. The molecule has 4 heteroatoms. The fourth-order valence-electron chi connectivity index (χ4n) is 2.15. The predicted molar refractivity (Wildman–Crippen MR) is 82.6 cm³/mol. The van der Waals surface area contributed by atoms with Crippen LogP contribution in [-0.4, -0.2) is 14.2 Å². The van der Waals surface area contributed by atoms with Gasteiger partial charge in [0.2, 0.25) is 0 Å². The van der Waals surface area contributed by atoms with Crippen LogP contribution < -0.4 is 10.1 Å². The van der Waals surface area contributed by atoms with Crippen molar-refractivity contribution in [3.63, 3.8) is 0 Å². The summed E-state index contributed by atoms with van der Waals surface area (Å²) >= 11 is 3.48. The maximum atomic E-state index is 13.4. The lowest BCUT2D eigenvalue weighted by molar-refractivity contribution is 0.414. The van der Waals surface area contributed by atoms with Crippen LogP contribution in [0.2, 0.25) is 0 Å². The number of likely N-dealkylation sites (N-methyl/N-ethyl adjacent to an activating group) is 1. The van der Waals surface area contributed by atoms with Crippen LogP contribution in [0.3, 0.4) is 0 Å². The number of methoxy groups -OCH3 is 1. The number of hydrogen-bond donors (Lipinski definition) is 1. The molecule has 0 aliphatic heterocycles. The molecule has 2 aromatic carbocycles. The molecular formula is C16H17BrFNO. The standard InChI is InChI=1S/C16H17BrFNO/c1-19-16(14-10-12(18)5-8-15(14)17)9-11-3-6-13(20-2)7-4-11/h3-8,10,16,19H,9H2,1-2H3. The molecule has 20 heavy (non-hydrogen) atoms. The largest absolute Gasteiger partial charge is 0.497 e. The van der Waals surface area contributed by atoms with Gasteiger partial charge >= 0.3 is 0 Å². The summed E-state index contributed by atoms with van der Waals surface area (Å²) in [4.78, 5) is 0. The molecule has 0 saturated carbocycles. The van der Waals surface area contributed by atoms with E-state index in [-0.39, 0.29) is 11.9 Å². The van der Waals surface area contributed by atoms with Gasteiger partial charge in [0.25, 0.3) is 0 Å². The Morgan fingerprint density at radius 3 is 2.50 bits per heavy atom. The Balaban J connectivity index is 2.21. The van der Waals surface area contributed by atoms with E-state index in [1.54, 1.807) is 19.2 Å². The third-order valence-electron chi connectivity index (χ3n) is 3.28. The average Bonchev–Trinajstić information content (AvgIpc) is 2.48. The minimum atomic E-state index is -0.224.